The van der Waals surface area contributed by atoms with Crippen LogP contribution in [0.1, 0.15) is 39.5 Å². The van der Waals surface area contributed by atoms with Gasteiger partial charge in [-0.15, -0.1) is 0 Å². The average molecular weight is 359 g/mol. The van der Waals surface area contributed by atoms with E-state index in [-0.39, 0.29) is 18.8 Å². The minimum absolute atomic E-state index is 0.234. The first-order valence-corrected chi connectivity index (χ1v) is 8.17. The maximum Gasteiger partial charge on any atom is 0.326 e. The Bertz CT molecular complexity index is 483. The Hall–Kier alpha value is -2.20. The van der Waals surface area contributed by atoms with Crippen LogP contribution in [0.5, 0.6) is 0 Å². The molecule has 0 bridgehead atoms. The van der Waals surface area contributed by atoms with Crippen molar-refractivity contribution in [3.8, 4) is 0 Å². The van der Waals surface area contributed by atoms with Crippen LogP contribution in [-0.4, -0.2) is 53.5 Å². The average Bonchev–Trinajstić information content (AvgIpc) is 2.50. The molecule has 0 saturated carbocycles. The van der Waals surface area contributed by atoms with Crippen LogP contribution in [0.3, 0.4) is 0 Å². The summed E-state index contributed by atoms with van der Waals surface area (Å²) in [7, 11) is 0. The zero-order chi connectivity index (χ0) is 19.6. The second kappa shape index (κ2) is 11.4. The highest BCUT2D eigenvalue weighted by atomic mass is 16.4. The van der Waals surface area contributed by atoms with Crippen LogP contribution in [-0.2, 0) is 19.2 Å². The summed E-state index contributed by atoms with van der Waals surface area (Å²) in [6.45, 7) is 3.81. The Balaban J connectivity index is 4.88. The van der Waals surface area contributed by atoms with Gasteiger partial charge in [0.15, 0.2) is 0 Å². The summed E-state index contributed by atoms with van der Waals surface area (Å²) in [5.74, 6) is -3.55. The largest absolute Gasteiger partial charge is 0.480 e. The lowest BCUT2D eigenvalue weighted by Gasteiger charge is -2.25. The van der Waals surface area contributed by atoms with E-state index < -0.39 is 41.8 Å². The van der Waals surface area contributed by atoms with Gasteiger partial charge in [0.25, 0.3) is 0 Å². The summed E-state index contributed by atoms with van der Waals surface area (Å²) >= 11 is 0. The molecule has 3 amide bonds. The fourth-order valence-electron chi connectivity index (χ4n) is 2.12. The van der Waals surface area contributed by atoms with Crippen molar-refractivity contribution in [2.24, 2.45) is 23.1 Å². The second-order valence-electron chi connectivity index (χ2n) is 6.19. The molecule has 10 heteroatoms. The van der Waals surface area contributed by atoms with Crippen molar-refractivity contribution in [1.82, 2.24) is 10.6 Å². The molecule has 3 atom stereocenters. The van der Waals surface area contributed by atoms with Gasteiger partial charge in [0.2, 0.25) is 17.7 Å². The van der Waals surface area contributed by atoms with Crippen molar-refractivity contribution in [3.05, 3.63) is 0 Å². The van der Waals surface area contributed by atoms with Gasteiger partial charge in [0, 0.05) is 0 Å². The minimum atomic E-state index is -1.17. The van der Waals surface area contributed by atoms with Crippen LogP contribution < -0.4 is 27.8 Å². The van der Waals surface area contributed by atoms with Crippen molar-refractivity contribution in [3.63, 3.8) is 0 Å². The van der Waals surface area contributed by atoms with Crippen molar-refractivity contribution >= 4 is 23.7 Å². The fourth-order valence-corrected chi connectivity index (χ4v) is 2.12. The number of carbonyl (C=O) groups is 4. The van der Waals surface area contributed by atoms with E-state index in [1.54, 1.807) is 13.8 Å². The number of nitrogens with two attached hydrogens (primary N) is 3. The number of hydrogen-bond donors (Lipinski definition) is 6. The quantitative estimate of drug-likeness (QED) is 0.218. The molecule has 144 valence electrons. The predicted molar refractivity (Wildman–Crippen MR) is 91.0 cm³/mol. The lowest BCUT2D eigenvalue weighted by Crippen LogP contribution is -2.56. The molecule has 0 heterocycles. The highest BCUT2D eigenvalue weighted by Crippen LogP contribution is 2.06. The van der Waals surface area contributed by atoms with Crippen molar-refractivity contribution < 1.29 is 24.3 Å². The number of carbonyl (C=O) groups excluding carboxylic acids is 3. The summed E-state index contributed by atoms with van der Waals surface area (Å²) in [6, 6.07) is -3.23. The molecule has 0 aliphatic rings. The lowest BCUT2D eigenvalue weighted by atomic mass is 10.0. The van der Waals surface area contributed by atoms with Crippen molar-refractivity contribution in [1.29, 1.82) is 0 Å². The van der Waals surface area contributed by atoms with Crippen LogP contribution in [0.2, 0.25) is 0 Å². The lowest BCUT2D eigenvalue weighted by molar-refractivity contribution is -0.142. The number of hydrogen-bond acceptors (Lipinski definition) is 6. The molecule has 0 aliphatic heterocycles. The number of rotatable bonds is 12. The van der Waals surface area contributed by atoms with Crippen LogP contribution in [0.25, 0.3) is 0 Å². The van der Waals surface area contributed by atoms with Crippen LogP contribution in [0.4, 0.5) is 0 Å². The fraction of sp³-hybridized carbons (Fsp3) is 0.733. The number of aliphatic carboxylic acids is 1. The van der Waals surface area contributed by atoms with Crippen molar-refractivity contribution in [2.45, 2.75) is 57.7 Å². The standard InChI is InChI=1S/C15H29N5O5/c1-8(2)12(20-13(22)9(17)7-11(18)21)14(23)19-10(15(24)25)5-3-4-6-16/h8-10,12H,3-7,16-17H2,1-2H3,(H2,18,21)(H,19,23)(H,20,22)(H,24,25). The number of nitrogens with one attached hydrogen (secondary N) is 2. The van der Waals surface area contributed by atoms with Gasteiger partial charge in [-0.3, -0.25) is 14.4 Å². The Labute approximate surface area is 146 Å². The number of unbranched alkanes of at least 4 members (excludes halogenated alkanes) is 1. The number of carboxylic acid groups (broad SMARTS) is 1. The second-order valence-corrected chi connectivity index (χ2v) is 6.19. The van der Waals surface area contributed by atoms with E-state index in [4.69, 9.17) is 17.2 Å². The molecule has 0 saturated heterocycles. The van der Waals surface area contributed by atoms with E-state index in [1.165, 1.54) is 0 Å². The summed E-state index contributed by atoms with van der Waals surface area (Å²) < 4.78 is 0. The van der Waals surface area contributed by atoms with Crippen LogP contribution in [0, 0.1) is 5.92 Å². The maximum atomic E-state index is 12.4. The number of amides is 3. The molecule has 0 fully saturated rings. The first kappa shape index (κ1) is 22.8. The van der Waals surface area contributed by atoms with Gasteiger partial charge in [0.05, 0.1) is 12.5 Å². The third-order valence-corrected chi connectivity index (χ3v) is 3.57. The van der Waals surface area contributed by atoms with E-state index in [0.29, 0.717) is 19.4 Å². The zero-order valence-corrected chi connectivity index (χ0v) is 14.7. The van der Waals surface area contributed by atoms with Gasteiger partial charge >= 0.3 is 5.97 Å². The third kappa shape index (κ3) is 9.01. The van der Waals surface area contributed by atoms with Crippen LogP contribution >= 0.6 is 0 Å². The Kier molecular flexibility index (Phi) is 10.4. The zero-order valence-electron chi connectivity index (χ0n) is 14.7. The minimum Gasteiger partial charge on any atom is -0.480 e. The van der Waals surface area contributed by atoms with Gasteiger partial charge in [-0.25, -0.2) is 4.79 Å². The molecule has 0 radical (unpaired) electrons. The van der Waals surface area contributed by atoms with E-state index >= 15 is 0 Å². The predicted octanol–water partition coefficient (Wildman–Crippen LogP) is -1.97. The normalized spacial score (nSPS) is 14.4. The number of carboxylic acids is 1. The molecule has 9 N–H and O–H groups in total. The summed E-state index contributed by atoms with van der Waals surface area (Å²) in [6.07, 6.45) is 1.08. The van der Waals surface area contributed by atoms with E-state index in [0.717, 1.165) is 0 Å². The topological polar surface area (TPSA) is 191 Å². The number of primary amides is 1. The highest BCUT2D eigenvalue weighted by molar-refractivity contribution is 5.93. The van der Waals surface area contributed by atoms with Gasteiger partial charge < -0.3 is 32.9 Å². The maximum absolute atomic E-state index is 12.4. The molecule has 0 aromatic heterocycles. The van der Waals surface area contributed by atoms with Gasteiger partial charge in [0.1, 0.15) is 12.1 Å². The van der Waals surface area contributed by atoms with Gasteiger partial charge in [-0.2, -0.15) is 0 Å². The molecule has 10 nitrogen and oxygen atoms in total. The van der Waals surface area contributed by atoms with E-state index in [9.17, 15) is 24.3 Å². The van der Waals surface area contributed by atoms with Crippen LogP contribution in [0.15, 0.2) is 0 Å². The van der Waals surface area contributed by atoms with E-state index in [1.807, 2.05) is 0 Å². The first-order chi connectivity index (χ1) is 11.6. The molecule has 25 heavy (non-hydrogen) atoms. The summed E-state index contributed by atoms with van der Waals surface area (Å²) in [5.41, 5.74) is 15.9. The monoisotopic (exact) mass is 359 g/mol. The third-order valence-electron chi connectivity index (χ3n) is 3.57. The molecule has 0 rings (SSSR count). The molecular weight excluding hydrogens is 330 g/mol. The molecule has 0 aromatic rings. The summed E-state index contributed by atoms with van der Waals surface area (Å²) in [4.78, 5) is 46.4. The van der Waals surface area contributed by atoms with E-state index in [2.05, 4.69) is 10.6 Å². The van der Waals surface area contributed by atoms with Crippen molar-refractivity contribution in [2.75, 3.05) is 6.54 Å². The first-order valence-electron chi connectivity index (χ1n) is 8.17. The Morgan fingerprint density at radius 2 is 1.64 bits per heavy atom. The molecule has 0 spiro atoms. The molecule has 0 aromatic carbocycles. The highest BCUT2D eigenvalue weighted by Gasteiger charge is 2.30. The molecular formula is C15H29N5O5. The molecule has 3 unspecified atom stereocenters. The Morgan fingerprint density at radius 3 is 2.08 bits per heavy atom. The Morgan fingerprint density at radius 1 is 1.04 bits per heavy atom. The summed E-state index contributed by atoms with van der Waals surface area (Å²) in [5, 5.41) is 14.1. The molecule has 0 aliphatic carbocycles. The SMILES string of the molecule is CC(C)C(NC(=O)C(N)CC(N)=O)C(=O)NC(CCCCN)C(=O)O. The van der Waals surface area contributed by atoms with Gasteiger partial charge in [-0.05, 0) is 31.7 Å². The van der Waals surface area contributed by atoms with Gasteiger partial charge in [-0.1, -0.05) is 13.8 Å². The smallest absolute Gasteiger partial charge is 0.326 e.